The number of halogens is 2. The number of aliphatic carboxylic acids is 1. The highest BCUT2D eigenvalue weighted by Gasteiger charge is 2.29. The van der Waals surface area contributed by atoms with Crippen LogP contribution in [0.4, 0.5) is 4.39 Å². The van der Waals surface area contributed by atoms with Crippen LogP contribution < -0.4 is 0 Å². The molecule has 1 heterocycles. The molecule has 0 bridgehead atoms. The normalized spacial score (nSPS) is 19.3. The van der Waals surface area contributed by atoms with Crippen LogP contribution in [0.5, 0.6) is 0 Å². The summed E-state index contributed by atoms with van der Waals surface area (Å²) in [6, 6.07) is 3.77. The van der Waals surface area contributed by atoms with E-state index < -0.39 is 23.6 Å². The summed E-state index contributed by atoms with van der Waals surface area (Å²) >= 11 is 5.75. The minimum absolute atomic E-state index is 0.111. The Morgan fingerprint density at radius 3 is 2.84 bits per heavy atom. The molecule has 102 valence electrons. The van der Waals surface area contributed by atoms with Gasteiger partial charge in [0.05, 0.1) is 11.5 Å². The van der Waals surface area contributed by atoms with E-state index in [-0.39, 0.29) is 17.1 Å². The molecule has 0 unspecified atom stereocenters. The van der Waals surface area contributed by atoms with E-state index in [1.165, 1.54) is 17.0 Å². The van der Waals surface area contributed by atoms with Crippen molar-refractivity contribution in [3.05, 3.63) is 34.6 Å². The molecule has 19 heavy (non-hydrogen) atoms. The maximum Gasteiger partial charge on any atom is 0.308 e. The van der Waals surface area contributed by atoms with Gasteiger partial charge >= 0.3 is 5.97 Å². The van der Waals surface area contributed by atoms with Gasteiger partial charge in [0.15, 0.2) is 0 Å². The number of likely N-dealkylation sites (tertiary alicyclic amines) is 1. The Morgan fingerprint density at radius 2 is 2.16 bits per heavy atom. The van der Waals surface area contributed by atoms with Crippen molar-refractivity contribution >= 4 is 23.5 Å². The summed E-state index contributed by atoms with van der Waals surface area (Å²) in [5.41, 5.74) is -0.112. The van der Waals surface area contributed by atoms with Gasteiger partial charge in [-0.3, -0.25) is 9.59 Å². The highest BCUT2D eigenvalue weighted by atomic mass is 35.5. The molecule has 6 heteroatoms. The second kappa shape index (κ2) is 5.57. The number of nitrogens with zero attached hydrogens (tertiary/aromatic N) is 1. The van der Waals surface area contributed by atoms with E-state index in [9.17, 15) is 14.0 Å². The van der Waals surface area contributed by atoms with Gasteiger partial charge < -0.3 is 10.0 Å². The maximum absolute atomic E-state index is 13.6. The predicted molar refractivity (Wildman–Crippen MR) is 67.7 cm³/mol. The molecule has 2 rings (SSSR count). The predicted octanol–water partition coefficient (Wildman–Crippen LogP) is 2.42. The summed E-state index contributed by atoms with van der Waals surface area (Å²) in [5.74, 6) is -2.66. The fraction of sp³-hybridized carbons (Fsp3) is 0.385. The van der Waals surface area contributed by atoms with E-state index >= 15 is 0 Å². The summed E-state index contributed by atoms with van der Waals surface area (Å²) in [6.07, 6.45) is 1.14. The molecule has 0 radical (unpaired) electrons. The van der Waals surface area contributed by atoms with Crippen LogP contribution in [0.15, 0.2) is 18.2 Å². The highest BCUT2D eigenvalue weighted by Crippen LogP contribution is 2.21. The molecule has 0 saturated carbocycles. The average molecular weight is 286 g/mol. The van der Waals surface area contributed by atoms with Gasteiger partial charge in [0, 0.05) is 18.1 Å². The fourth-order valence-corrected chi connectivity index (χ4v) is 2.37. The quantitative estimate of drug-likeness (QED) is 0.908. The Bertz CT molecular complexity index is 521. The van der Waals surface area contributed by atoms with Gasteiger partial charge in [-0.2, -0.15) is 0 Å². The molecular formula is C13H13ClFNO3. The summed E-state index contributed by atoms with van der Waals surface area (Å²) in [4.78, 5) is 24.5. The van der Waals surface area contributed by atoms with Gasteiger partial charge in [0.1, 0.15) is 5.82 Å². The zero-order chi connectivity index (χ0) is 14.0. The van der Waals surface area contributed by atoms with Crippen molar-refractivity contribution in [2.24, 2.45) is 5.92 Å². The van der Waals surface area contributed by atoms with E-state index in [1.54, 1.807) is 0 Å². The van der Waals surface area contributed by atoms with Gasteiger partial charge in [-0.05, 0) is 31.0 Å². The molecule has 0 aliphatic carbocycles. The Balaban J connectivity index is 2.19. The molecule has 0 spiro atoms. The van der Waals surface area contributed by atoms with E-state index in [1.807, 2.05) is 0 Å². The lowest BCUT2D eigenvalue weighted by Crippen LogP contribution is -2.42. The molecule has 1 aromatic rings. The number of carbonyl (C=O) groups excluding carboxylic acids is 1. The zero-order valence-corrected chi connectivity index (χ0v) is 10.9. The Morgan fingerprint density at radius 1 is 1.42 bits per heavy atom. The van der Waals surface area contributed by atoms with Crippen molar-refractivity contribution in [3.63, 3.8) is 0 Å². The fourth-order valence-electron chi connectivity index (χ4n) is 2.19. The van der Waals surface area contributed by atoms with Gasteiger partial charge in [-0.1, -0.05) is 11.6 Å². The van der Waals surface area contributed by atoms with Crippen LogP contribution in [-0.2, 0) is 4.79 Å². The molecule has 1 atom stereocenters. The number of hydrogen-bond donors (Lipinski definition) is 1. The van der Waals surface area contributed by atoms with Crippen molar-refractivity contribution in [2.45, 2.75) is 12.8 Å². The van der Waals surface area contributed by atoms with Crippen LogP contribution in [0.3, 0.4) is 0 Å². The maximum atomic E-state index is 13.6. The monoisotopic (exact) mass is 285 g/mol. The lowest BCUT2D eigenvalue weighted by molar-refractivity contribution is -0.143. The van der Waals surface area contributed by atoms with Crippen LogP contribution in [0.2, 0.25) is 5.02 Å². The van der Waals surface area contributed by atoms with Crippen molar-refractivity contribution in [1.29, 1.82) is 0 Å². The third-order valence-electron chi connectivity index (χ3n) is 3.22. The Kier molecular flexibility index (Phi) is 4.04. The first-order chi connectivity index (χ1) is 8.99. The smallest absolute Gasteiger partial charge is 0.308 e. The van der Waals surface area contributed by atoms with Crippen molar-refractivity contribution in [3.8, 4) is 0 Å². The lowest BCUT2D eigenvalue weighted by Gasteiger charge is -2.30. The summed E-state index contributed by atoms with van der Waals surface area (Å²) in [7, 11) is 0. The molecule has 1 N–H and O–H groups in total. The van der Waals surface area contributed by atoms with Gasteiger partial charge in [-0.25, -0.2) is 4.39 Å². The van der Waals surface area contributed by atoms with E-state index in [0.717, 1.165) is 6.07 Å². The first-order valence-corrected chi connectivity index (χ1v) is 6.34. The third kappa shape index (κ3) is 3.04. The molecule has 1 aromatic carbocycles. The number of piperidine rings is 1. The second-order valence-corrected chi connectivity index (χ2v) is 4.99. The topological polar surface area (TPSA) is 57.6 Å². The molecule has 4 nitrogen and oxygen atoms in total. The molecule has 1 aliphatic heterocycles. The van der Waals surface area contributed by atoms with Crippen LogP contribution in [0, 0.1) is 11.7 Å². The van der Waals surface area contributed by atoms with Crippen molar-refractivity contribution in [1.82, 2.24) is 4.90 Å². The SMILES string of the molecule is O=C(O)[C@@H]1CCCN(C(=O)c2cc(Cl)ccc2F)C1. The zero-order valence-electron chi connectivity index (χ0n) is 10.1. The molecule has 0 aromatic heterocycles. The first kappa shape index (κ1) is 13.8. The summed E-state index contributed by atoms with van der Waals surface area (Å²) < 4.78 is 13.6. The number of amides is 1. The standard InChI is InChI=1S/C13H13ClFNO3/c14-9-3-4-11(15)10(6-9)12(17)16-5-1-2-8(7-16)13(18)19/h3-4,6,8H,1-2,5,7H2,(H,18,19)/t8-/m1/s1. The highest BCUT2D eigenvalue weighted by molar-refractivity contribution is 6.31. The minimum atomic E-state index is -0.927. The number of hydrogen-bond acceptors (Lipinski definition) is 2. The largest absolute Gasteiger partial charge is 0.481 e. The van der Waals surface area contributed by atoms with E-state index in [0.29, 0.717) is 19.4 Å². The molecular weight excluding hydrogens is 273 g/mol. The van der Waals surface area contributed by atoms with Crippen LogP contribution in [0.1, 0.15) is 23.2 Å². The van der Waals surface area contributed by atoms with Crippen molar-refractivity contribution < 1.29 is 19.1 Å². The average Bonchev–Trinajstić information content (AvgIpc) is 2.41. The second-order valence-electron chi connectivity index (χ2n) is 4.55. The lowest BCUT2D eigenvalue weighted by atomic mass is 9.97. The number of benzene rings is 1. The minimum Gasteiger partial charge on any atom is -0.481 e. The first-order valence-electron chi connectivity index (χ1n) is 5.96. The van der Waals surface area contributed by atoms with E-state index in [4.69, 9.17) is 16.7 Å². The number of carbonyl (C=O) groups is 2. The number of carboxylic acids is 1. The van der Waals surface area contributed by atoms with Gasteiger partial charge in [0.25, 0.3) is 5.91 Å². The number of carboxylic acid groups (broad SMARTS) is 1. The molecule has 1 fully saturated rings. The van der Waals surface area contributed by atoms with E-state index in [2.05, 4.69) is 0 Å². The molecule has 1 saturated heterocycles. The molecule has 1 amide bonds. The van der Waals surface area contributed by atoms with Gasteiger partial charge in [0.2, 0.25) is 0 Å². The van der Waals surface area contributed by atoms with Gasteiger partial charge in [-0.15, -0.1) is 0 Å². The van der Waals surface area contributed by atoms with Crippen LogP contribution in [0.25, 0.3) is 0 Å². The molecule has 1 aliphatic rings. The number of rotatable bonds is 2. The van der Waals surface area contributed by atoms with Crippen molar-refractivity contribution in [2.75, 3.05) is 13.1 Å². The van der Waals surface area contributed by atoms with Crippen LogP contribution >= 0.6 is 11.6 Å². The summed E-state index contributed by atoms with van der Waals surface area (Å²) in [6.45, 7) is 0.550. The Labute approximate surface area is 114 Å². The third-order valence-corrected chi connectivity index (χ3v) is 3.45. The summed E-state index contributed by atoms with van der Waals surface area (Å²) in [5, 5.41) is 9.25. The Hall–Kier alpha value is -1.62. The van der Waals surface area contributed by atoms with Crippen LogP contribution in [-0.4, -0.2) is 35.0 Å².